The van der Waals surface area contributed by atoms with Gasteiger partial charge in [-0.15, -0.1) is 0 Å². The second-order valence-corrected chi connectivity index (χ2v) is 8.92. The van der Waals surface area contributed by atoms with Gasteiger partial charge in [0.1, 0.15) is 9.84 Å². The minimum absolute atomic E-state index is 0.215. The van der Waals surface area contributed by atoms with Crippen LogP contribution in [-0.2, 0) is 28.2 Å². The van der Waals surface area contributed by atoms with E-state index in [1.807, 2.05) is 6.92 Å². The topological polar surface area (TPSA) is 60.2 Å². The van der Waals surface area contributed by atoms with Crippen LogP contribution in [0.15, 0.2) is 18.2 Å². The third-order valence-electron chi connectivity index (χ3n) is 4.60. The summed E-state index contributed by atoms with van der Waals surface area (Å²) in [5, 5.41) is 0. The highest BCUT2D eigenvalue weighted by molar-refractivity contribution is 7.91. The predicted molar refractivity (Wildman–Crippen MR) is 88.2 cm³/mol. The van der Waals surface area contributed by atoms with E-state index >= 15 is 0 Å². The maximum absolute atomic E-state index is 11.6. The molecule has 1 unspecified atom stereocenters. The molecule has 0 spiro atoms. The molecule has 0 radical (unpaired) electrons. The summed E-state index contributed by atoms with van der Waals surface area (Å²) in [6, 6.07) is 6.57. The van der Waals surface area contributed by atoms with E-state index in [0.29, 0.717) is 12.8 Å². The molecule has 4 heteroatoms. The van der Waals surface area contributed by atoms with Gasteiger partial charge in [0.25, 0.3) is 0 Å². The fourth-order valence-corrected chi connectivity index (χ4v) is 3.91. The first-order valence-corrected chi connectivity index (χ1v) is 9.78. The zero-order valence-electron chi connectivity index (χ0n) is 13.2. The van der Waals surface area contributed by atoms with E-state index in [2.05, 4.69) is 18.2 Å². The number of hydrogen-bond donors (Lipinski definition) is 1. The lowest BCUT2D eigenvalue weighted by molar-refractivity contribution is 0.445. The largest absolute Gasteiger partial charge is 0.322 e. The summed E-state index contributed by atoms with van der Waals surface area (Å²) in [7, 11) is -2.89. The van der Waals surface area contributed by atoms with E-state index < -0.39 is 15.4 Å². The zero-order valence-corrected chi connectivity index (χ0v) is 14.0. The van der Waals surface area contributed by atoms with E-state index in [1.165, 1.54) is 30.4 Å². The molecule has 0 fully saturated rings. The minimum atomic E-state index is -2.89. The second-order valence-electron chi connectivity index (χ2n) is 6.45. The van der Waals surface area contributed by atoms with Crippen LogP contribution in [0.3, 0.4) is 0 Å². The van der Waals surface area contributed by atoms with Gasteiger partial charge in [-0.05, 0) is 62.1 Å². The van der Waals surface area contributed by atoms with Gasteiger partial charge < -0.3 is 5.73 Å². The monoisotopic (exact) mass is 309 g/mol. The van der Waals surface area contributed by atoms with Crippen LogP contribution in [0.25, 0.3) is 0 Å². The first-order valence-electron chi connectivity index (χ1n) is 7.96. The number of rotatable bonds is 6. The van der Waals surface area contributed by atoms with Crippen molar-refractivity contribution in [3.8, 4) is 0 Å². The van der Waals surface area contributed by atoms with E-state index in [0.717, 1.165) is 12.0 Å². The van der Waals surface area contributed by atoms with Crippen LogP contribution in [0, 0.1) is 0 Å². The van der Waals surface area contributed by atoms with Crippen molar-refractivity contribution >= 4 is 9.84 Å². The molecule has 2 rings (SSSR count). The molecule has 1 aromatic carbocycles. The van der Waals surface area contributed by atoms with E-state index in [4.69, 9.17) is 5.73 Å². The SMILES string of the molecule is CCS(=O)(=O)CCCC(C)(N)c1ccc2c(c1)CCCC2. The van der Waals surface area contributed by atoms with E-state index in [9.17, 15) is 8.42 Å². The lowest BCUT2D eigenvalue weighted by atomic mass is 9.83. The molecule has 21 heavy (non-hydrogen) atoms. The summed E-state index contributed by atoms with van der Waals surface area (Å²) in [6.07, 6.45) is 6.17. The maximum Gasteiger partial charge on any atom is 0.150 e. The van der Waals surface area contributed by atoms with Crippen molar-refractivity contribution in [3.05, 3.63) is 34.9 Å². The van der Waals surface area contributed by atoms with Gasteiger partial charge in [-0.2, -0.15) is 0 Å². The Balaban J connectivity index is 2.05. The van der Waals surface area contributed by atoms with Gasteiger partial charge >= 0.3 is 0 Å². The van der Waals surface area contributed by atoms with Gasteiger partial charge in [0.2, 0.25) is 0 Å². The first-order chi connectivity index (χ1) is 9.84. The molecule has 1 aromatic rings. The number of sulfone groups is 1. The molecule has 2 N–H and O–H groups in total. The van der Waals surface area contributed by atoms with Crippen LogP contribution in [0.1, 0.15) is 56.2 Å². The van der Waals surface area contributed by atoms with Gasteiger partial charge in [0.05, 0.1) is 5.75 Å². The van der Waals surface area contributed by atoms with Crippen molar-refractivity contribution in [2.24, 2.45) is 5.73 Å². The molecule has 0 saturated heterocycles. The van der Waals surface area contributed by atoms with Crippen molar-refractivity contribution in [1.29, 1.82) is 0 Å². The highest BCUT2D eigenvalue weighted by Gasteiger charge is 2.23. The van der Waals surface area contributed by atoms with Gasteiger partial charge in [0.15, 0.2) is 0 Å². The fraction of sp³-hybridized carbons (Fsp3) is 0.647. The average Bonchev–Trinajstić information content (AvgIpc) is 2.46. The van der Waals surface area contributed by atoms with Crippen molar-refractivity contribution in [1.82, 2.24) is 0 Å². The Hall–Kier alpha value is -0.870. The smallest absolute Gasteiger partial charge is 0.150 e. The van der Waals surface area contributed by atoms with E-state index in [1.54, 1.807) is 6.92 Å². The van der Waals surface area contributed by atoms with Gasteiger partial charge in [-0.3, -0.25) is 0 Å². The first kappa shape index (κ1) is 16.5. The molecular formula is C17H27NO2S. The van der Waals surface area contributed by atoms with Crippen LogP contribution in [0.4, 0.5) is 0 Å². The fourth-order valence-electron chi connectivity index (χ4n) is 3.04. The Bertz CT molecular complexity index is 591. The standard InChI is InChI=1S/C17H27NO2S/c1-3-21(19,20)12-6-11-17(2,18)16-10-9-14-7-4-5-8-15(14)13-16/h9-10,13H,3-8,11-12,18H2,1-2H3. The van der Waals surface area contributed by atoms with Crippen LogP contribution < -0.4 is 5.73 Å². The molecule has 118 valence electrons. The van der Waals surface area contributed by atoms with Crippen LogP contribution >= 0.6 is 0 Å². The summed E-state index contributed by atoms with van der Waals surface area (Å²) >= 11 is 0. The maximum atomic E-state index is 11.6. The molecule has 1 atom stereocenters. The molecule has 3 nitrogen and oxygen atoms in total. The number of fused-ring (bicyclic) bond motifs is 1. The third kappa shape index (κ3) is 4.30. The normalized spacial score (nSPS) is 18.0. The molecule has 0 heterocycles. The van der Waals surface area contributed by atoms with Crippen LogP contribution in [-0.4, -0.2) is 19.9 Å². The van der Waals surface area contributed by atoms with Crippen LogP contribution in [0.2, 0.25) is 0 Å². The summed E-state index contributed by atoms with van der Waals surface area (Å²) in [5.41, 5.74) is 10.0. The number of aryl methyl sites for hydroxylation is 2. The van der Waals surface area contributed by atoms with E-state index in [-0.39, 0.29) is 11.5 Å². The average molecular weight is 309 g/mol. The number of benzene rings is 1. The van der Waals surface area contributed by atoms with Crippen molar-refractivity contribution in [2.75, 3.05) is 11.5 Å². The molecule has 0 aliphatic heterocycles. The molecule has 0 bridgehead atoms. The highest BCUT2D eigenvalue weighted by Crippen LogP contribution is 2.29. The Morgan fingerprint density at radius 3 is 2.52 bits per heavy atom. The molecule has 0 saturated carbocycles. The molecule has 0 amide bonds. The zero-order chi connectivity index (χ0) is 15.5. The lowest BCUT2D eigenvalue weighted by Crippen LogP contribution is -2.33. The number of hydrogen-bond acceptors (Lipinski definition) is 3. The van der Waals surface area contributed by atoms with Crippen molar-refractivity contribution < 1.29 is 8.42 Å². The highest BCUT2D eigenvalue weighted by atomic mass is 32.2. The number of nitrogens with two attached hydrogens (primary N) is 1. The Morgan fingerprint density at radius 2 is 1.86 bits per heavy atom. The molecule has 0 aromatic heterocycles. The second kappa shape index (κ2) is 6.49. The summed E-state index contributed by atoms with van der Waals surface area (Å²) in [6.45, 7) is 3.70. The van der Waals surface area contributed by atoms with Crippen LogP contribution in [0.5, 0.6) is 0 Å². The Labute approximate surface area is 128 Å². The minimum Gasteiger partial charge on any atom is -0.322 e. The molecular weight excluding hydrogens is 282 g/mol. The lowest BCUT2D eigenvalue weighted by Gasteiger charge is -2.27. The molecule has 1 aliphatic rings. The molecule has 1 aliphatic carbocycles. The summed E-state index contributed by atoms with van der Waals surface area (Å²) in [5.74, 6) is 0.453. The van der Waals surface area contributed by atoms with Gasteiger partial charge in [0, 0.05) is 11.3 Å². The predicted octanol–water partition coefficient (Wildman–Crippen LogP) is 2.95. The summed E-state index contributed by atoms with van der Waals surface area (Å²) in [4.78, 5) is 0. The van der Waals surface area contributed by atoms with Crippen molar-refractivity contribution in [3.63, 3.8) is 0 Å². The van der Waals surface area contributed by atoms with Gasteiger partial charge in [-0.25, -0.2) is 8.42 Å². The Kier molecular flexibility index (Phi) is 5.10. The third-order valence-corrected chi connectivity index (χ3v) is 6.39. The Morgan fingerprint density at radius 1 is 1.19 bits per heavy atom. The van der Waals surface area contributed by atoms with Crippen molar-refractivity contribution in [2.45, 2.75) is 57.9 Å². The van der Waals surface area contributed by atoms with Gasteiger partial charge in [-0.1, -0.05) is 25.1 Å². The quantitative estimate of drug-likeness (QED) is 0.879. The summed E-state index contributed by atoms with van der Waals surface area (Å²) < 4.78 is 23.1.